The van der Waals surface area contributed by atoms with Gasteiger partial charge in [-0.25, -0.2) is 0 Å². The first-order valence-corrected chi connectivity index (χ1v) is 5.91. The zero-order valence-electron chi connectivity index (χ0n) is 10.4. The summed E-state index contributed by atoms with van der Waals surface area (Å²) < 4.78 is 0. The van der Waals surface area contributed by atoms with Crippen LogP contribution in [0.1, 0.15) is 38.5 Å². The third-order valence-corrected chi connectivity index (χ3v) is 2.33. The normalized spacial score (nSPS) is 11.1. The zero-order chi connectivity index (χ0) is 12.2. The fourth-order valence-corrected chi connectivity index (χ4v) is 1.44. The molecule has 0 bridgehead atoms. The molecule has 0 saturated carbocycles. The molecule has 0 aromatic rings. The van der Waals surface area contributed by atoms with Gasteiger partial charge in [0, 0.05) is 0 Å². The van der Waals surface area contributed by atoms with Crippen molar-refractivity contribution >= 4 is 0 Å². The average molecular weight is 216 g/mol. The van der Waals surface area contributed by atoms with Gasteiger partial charge in [-0.3, -0.25) is 0 Å². The van der Waals surface area contributed by atoms with E-state index in [2.05, 4.69) is 39.2 Å². The van der Waals surface area contributed by atoms with Crippen LogP contribution >= 0.6 is 0 Å². The summed E-state index contributed by atoms with van der Waals surface area (Å²) in [7, 11) is 0. The van der Waals surface area contributed by atoms with Crippen LogP contribution in [0.2, 0.25) is 0 Å². The molecule has 0 aliphatic carbocycles. The Morgan fingerprint density at radius 2 is 1.81 bits per heavy atom. The van der Waals surface area contributed by atoms with E-state index >= 15 is 0 Å². The number of hydrogen-bond donors (Lipinski definition) is 0. The molecule has 0 aromatic carbocycles. The highest BCUT2D eigenvalue weighted by Crippen LogP contribution is 2.16. The van der Waals surface area contributed by atoms with E-state index in [1.54, 1.807) is 0 Å². The van der Waals surface area contributed by atoms with E-state index in [0.29, 0.717) is 0 Å². The van der Waals surface area contributed by atoms with E-state index in [-0.39, 0.29) is 0 Å². The molecule has 0 heterocycles. The van der Waals surface area contributed by atoms with Crippen LogP contribution in [-0.2, 0) is 0 Å². The van der Waals surface area contributed by atoms with Crippen LogP contribution in [0.4, 0.5) is 0 Å². The van der Waals surface area contributed by atoms with Crippen molar-refractivity contribution in [1.29, 1.82) is 0 Å². The van der Waals surface area contributed by atoms with E-state index < -0.39 is 0 Å². The summed E-state index contributed by atoms with van der Waals surface area (Å²) in [5.41, 5.74) is 2.64. The highest BCUT2D eigenvalue weighted by Gasteiger charge is 1.92. The fraction of sp³-hybridized carbons (Fsp3) is 0.375. The number of hydrogen-bond acceptors (Lipinski definition) is 0. The Kier molecular flexibility index (Phi) is 9.59. The first-order valence-electron chi connectivity index (χ1n) is 5.91. The Hall–Kier alpha value is -1.17. The highest BCUT2D eigenvalue weighted by atomic mass is 14.0. The second-order valence-electron chi connectivity index (χ2n) is 3.94. The summed E-state index contributed by atoms with van der Waals surface area (Å²) in [6.45, 7) is 15.3. The van der Waals surface area contributed by atoms with Crippen molar-refractivity contribution < 1.29 is 0 Å². The molecule has 0 nitrogen and oxygen atoms in total. The monoisotopic (exact) mass is 216 g/mol. The Morgan fingerprint density at radius 1 is 1.12 bits per heavy atom. The van der Waals surface area contributed by atoms with Crippen molar-refractivity contribution in [2.45, 2.75) is 38.5 Å². The summed E-state index contributed by atoms with van der Waals surface area (Å²) in [6.07, 6.45) is 14.3. The lowest BCUT2D eigenvalue weighted by Gasteiger charge is -2.12. The van der Waals surface area contributed by atoms with Crippen molar-refractivity contribution in [2.75, 3.05) is 0 Å². The van der Waals surface area contributed by atoms with E-state index in [4.69, 9.17) is 0 Å². The third kappa shape index (κ3) is 8.16. The summed E-state index contributed by atoms with van der Waals surface area (Å²) in [6, 6.07) is 0. The first-order chi connectivity index (χ1) is 7.74. The van der Waals surface area contributed by atoms with Crippen LogP contribution in [0.25, 0.3) is 0 Å². The second-order valence-corrected chi connectivity index (χ2v) is 3.94. The molecule has 88 valence electrons. The maximum atomic E-state index is 4.01. The Balaban J connectivity index is 4.06. The first kappa shape index (κ1) is 14.8. The molecule has 0 unspecified atom stereocenters. The lowest BCUT2D eigenvalue weighted by atomic mass is 10.0. The van der Waals surface area contributed by atoms with Crippen LogP contribution < -0.4 is 0 Å². The lowest BCUT2D eigenvalue weighted by molar-refractivity contribution is 0.889. The van der Waals surface area contributed by atoms with Crippen LogP contribution in [0.15, 0.2) is 49.1 Å². The predicted octanol–water partition coefficient (Wildman–Crippen LogP) is 5.22. The van der Waals surface area contributed by atoms with Gasteiger partial charge in [-0.05, 0) is 19.3 Å². The molecule has 0 aromatic heterocycles. The van der Waals surface area contributed by atoms with Gasteiger partial charge in [0.15, 0.2) is 0 Å². The van der Waals surface area contributed by atoms with E-state index in [1.807, 2.05) is 12.2 Å². The standard InChI is InChI=1S/C16H24/c1-5-8-9-12-16(11-7-3)14-13-15(4)10-6-2/h6-7,9,14H,1-5,8,10-13H2. The van der Waals surface area contributed by atoms with Crippen LogP contribution in [-0.4, -0.2) is 0 Å². The topological polar surface area (TPSA) is 0 Å². The molecule has 0 saturated heterocycles. The minimum absolute atomic E-state index is 0.903. The zero-order valence-corrected chi connectivity index (χ0v) is 10.4. The van der Waals surface area contributed by atoms with Crippen LogP contribution in [0, 0.1) is 13.3 Å². The van der Waals surface area contributed by atoms with Gasteiger partial charge in [0.25, 0.3) is 0 Å². The molecule has 0 rings (SSSR count). The van der Waals surface area contributed by atoms with Gasteiger partial charge in [-0.1, -0.05) is 36.0 Å². The molecule has 0 N–H and O–H groups in total. The molecule has 0 heteroatoms. The minimum Gasteiger partial charge on any atom is -0.321 e. The van der Waals surface area contributed by atoms with Gasteiger partial charge in [-0.2, -0.15) is 6.42 Å². The minimum atomic E-state index is 0.903. The Labute approximate surface area is 101 Å². The van der Waals surface area contributed by atoms with E-state index in [9.17, 15) is 0 Å². The molecule has 0 atom stereocenters. The molecule has 0 fully saturated rings. The van der Waals surface area contributed by atoms with Crippen molar-refractivity contribution in [3.8, 4) is 0 Å². The molecule has 0 amide bonds. The second kappa shape index (κ2) is 10.4. The van der Waals surface area contributed by atoms with Gasteiger partial charge in [0.2, 0.25) is 0 Å². The molecular weight excluding hydrogens is 192 g/mol. The largest absolute Gasteiger partial charge is 0.321 e. The molecule has 0 spiro atoms. The van der Waals surface area contributed by atoms with Gasteiger partial charge in [-0.15, -0.1) is 19.6 Å². The molecular formula is C16H24. The average Bonchev–Trinajstić information content (AvgIpc) is 2.26. The van der Waals surface area contributed by atoms with Gasteiger partial charge in [0.05, 0.1) is 13.3 Å². The van der Waals surface area contributed by atoms with Gasteiger partial charge < -0.3 is 6.42 Å². The van der Waals surface area contributed by atoms with E-state index in [0.717, 1.165) is 38.5 Å². The Morgan fingerprint density at radius 3 is 2.38 bits per heavy atom. The number of unbranched alkanes of at least 4 members (excludes halogenated alkanes) is 2. The number of allylic oxidation sites excluding steroid dienone is 5. The van der Waals surface area contributed by atoms with Gasteiger partial charge >= 0.3 is 0 Å². The van der Waals surface area contributed by atoms with Crippen molar-refractivity contribution in [3.63, 3.8) is 0 Å². The van der Waals surface area contributed by atoms with E-state index in [1.165, 1.54) is 11.1 Å². The highest BCUT2D eigenvalue weighted by molar-refractivity contribution is 5.14. The smallest absolute Gasteiger partial charge is 0.0587 e. The molecule has 0 aliphatic rings. The van der Waals surface area contributed by atoms with Crippen molar-refractivity contribution in [2.24, 2.45) is 0 Å². The predicted molar refractivity (Wildman–Crippen MR) is 75.0 cm³/mol. The summed E-state index contributed by atoms with van der Waals surface area (Å²) in [5.74, 6) is 0. The molecule has 16 heavy (non-hydrogen) atoms. The fourth-order valence-electron chi connectivity index (χ4n) is 1.44. The van der Waals surface area contributed by atoms with Crippen molar-refractivity contribution in [3.05, 3.63) is 62.5 Å². The summed E-state index contributed by atoms with van der Waals surface area (Å²) in [5, 5.41) is 0. The van der Waals surface area contributed by atoms with Gasteiger partial charge in [0.1, 0.15) is 0 Å². The maximum Gasteiger partial charge on any atom is 0.0587 e. The number of rotatable bonds is 10. The Bertz CT molecular complexity index is 243. The lowest BCUT2D eigenvalue weighted by Crippen LogP contribution is -1.86. The third-order valence-electron chi connectivity index (χ3n) is 2.33. The van der Waals surface area contributed by atoms with Crippen LogP contribution in [0.3, 0.4) is 0 Å². The maximum absolute atomic E-state index is 4.01. The summed E-state index contributed by atoms with van der Waals surface area (Å²) in [4.78, 5) is 0. The molecule has 0 radical (unpaired) electrons. The SMILES string of the molecule is C=CCC(=C)CC=C(CC=C)C[CH-]CC[CH2+]. The summed E-state index contributed by atoms with van der Waals surface area (Å²) >= 11 is 0. The molecule has 0 aliphatic heterocycles. The van der Waals surface area contributed by atoms with Crippen molar-refractivity contribution in [1.82, 2.24) is 0 Å². The quantitative estimate of drug-likeness (QED) is 0.267. The van der Waals surface area contributed by atoms with Crippen LogP contribution in [0.5, 0.6) is 0 Å².